The number of Topliss-reactive ketones (excluding diaryl/α,β-unsaturated/α-hetero) is 1. The SMILES string of the molecule is C=CC(F)(F)c1cc(C(=O)CBr)ccc1F. The van der Waals surface area contributed by atoms with Crippen molar-refractivity contribution in [2.45, 2.75) is 5.92 Å². The molecular weight excluding hydrogens is 285 g/mol. The van der Waals surface area contributed by atoms with Crippen LogP contribution in [-0.4, -0.2) is 11.1 Å². The third kappa shape index (κ3) is 2.52. The van der Waals surface area contributed by atoms with Gasteiger partial charge in [0.15, 0.2) is 5.78 Å². The first-order valence-corrected chi connectivity index (χ1v) is 5.45. The van der Waals surface area contributed by atoms with Crippen LogP contribution in [0.3, 0.4) is 0 Å². The summed E-state index contributed by atoms with van der Waals surface area (Å²) < 4.78 is 39.6. The summed E-state index contributed by atoms with van der Waals surface area (Å²) in [4.78, 5) is 11.3. The molecular formula is C11H8BrF3O. The molecule has 1 aromatic rings. The lowest BCUT2D eigenvalue weighted by atomic mass is 10.0. The van der Waals surface area contributed by atoms with Crippen molar-refractivity contribution in [2.24, 2.45) is 0 Å². The molecule has 1 rings (SSSR count). The molecule has 0 radical (unpaired) electrons. The Morgan fingerprint density at radius 2 is 2.12 bits per heavy atom. The Hall–Kier alpha value is -1.10. The van der Waals surface area contributed by atoms with Crippen molar-refractivity contribution in [1.82, 2.24) is 0 Å². The summed E-state index contributed by atoms with van der Waals surface area (Å²) in [5.41, 5.74) is -0.802. The molecule has 0 bridgehead atoms. The molecule has 0 spiro atoms. The molecule has 0 N–H and O–H groups in total. The van der Waals surface area contributed by atoms with Gasteiger partial charge in [0.25, 0.3) is 5.92 Å². The van der Waals surface area contributed by atoms with Crippen LogP contribution in [0, 0.1) is 5.82 Å². The summed E-state index contributed by atoms with van der Waals surface area (Å²) in [6.07, 6.45) is 0.341. The summed E-state index contributed by atoms with van der Waals surface area (Å²) in [6, 6.07) is 2.87. The molecule has 5 heteroatoms. The maximum absolute atomic E-state index is 13.2. The van der Waals surface area contributed by atoms with E-state index in [1.807, 2.05) is 0 Å². The molecule has 0 unspecified atom stereocenters. The van der Waals surface area contributed by atoms with E-state index in [9.17, 15) is 18.0 Å². The van der Waals surface area contributed by atoms with Crippen molar-refractivity contribution in [2.75, 3.05) is 5.33 Å². The Morgan fingerprint density at radius 3 is 2.62 bits per heavy atom. The van der Waals surface area contributed by atoms with Crippen LogP contribution in [0.25, 0.3) is 0 Å². The lowest BCUT2D eigenvalue weighted by molar-refractivity contribution is 0.0484. The predicted octanol–water partition coefficient (Wildman–Crippen LogP) is 3.68. The maximum atomic E-state index is 13.2. The molecule has 0 aromatic heterocycles. The zero-order valence-corrected chi connectivity index (χ0v) is 9.73. The molecule has 1 aromatic carbocycles. The number of halogens is 4. The molecule has 0 saturated carbocycles. The van der Waals surface area contributed by atoms with Crippen LogP contribution >= 0.6 is 15.9 Å². The van der Waals surface area contributed by atoms with Crippen LogP contribution in [0.1, 0.15) is 15.9 Å². The highest BCUT2D eigenvalue weighted by atomic mass is 79.9. The van der Waals surface area contributed by atoms with Gasteiger partial charge in [-0.25, -0.2) is 4.39 Å². The third-order valence-corrected chi connectivity index (χ3v) is 2.53. The normalized spacial score (nSPS) is 11.2. The number of ketones is 1. The van der Waals surface area contributed by atoms with Crippen LogP contribution in [0.15, 0.2) is 30.9 Å². The Balaban J connectivity index is 3.29. The van der Waals surface area contributed by atoms with Crippen LogP contribution in [0.2, 0.25) is 0 Å². The van der Waals surface area contributed by atoms with Crippen molar-refractivity contribution >= 4 is 21.7 Å². The topological polar surface area (TPSA) is 17.1 Å². The number of hydrogen-bond donors (Lipinski definition) is 0. The van der Waals surface area contributed by atoms with Gasteiger partial charge in [0, 0.05) is 5.56 Å². The summed E-state index contributed by atoms with van der Waals surface area (Å²) in [7, 11) is 0. The largest absolute Gasteiger partial charge is 0.294 e. The van der Waals surface area contributed by atoms with E-state index < -0.39 is 17.3 Å². The average molecular weight is 293 g/mol. The first-order chi connectivity index (χ1) is 7.42. The molecule has 86 valence electrons. The van der Waals surface area contributed by atoms with Gasteiger partial charge in [0.2, 0.25) is 0 Å². The number of alkyl halides is 3. The smallest absolute Gasteiger partial charge is 0.293 e. The van der Waals surface area contributed by atoms with Gasteiger partial charge in [-0.2, -0.15) is 8.78 Å². The zero-order valence-electron chi connectivity index (χ0n) is 8.14. The van der Waals surface area contributed by atoms with E-state index >= 15 is 0 Å². The van der Waals surface area contributed by atoms with Gasteiger partial charge in [0.05, 0.1) is 10.9 Å². The molecule has 0 amide bonds. The molecule has 0 atom stereocenters. The second-order valence-electron chi connectivity index (χ2n) is 3.08. The van der Waals surface area contributed by atoms with Crippen molar-refractivity contribution in [3.63, 3.8) is 0 Å². The summed E-state index contributed by atoms with van der Waals surface area (Å²) in [5, 5.41) is -0.00225. The van der Waals surface area contributed by atoms with Crippen molar-refractivity contribution in [1.29, 1.82) is 0 Å². The predicted molar refractivity (Wildman–Crippen MR) is 58.6 cm³/mol. The van der Waals surface area contributed by atoms with E-state index in [1.54, 1.807) is 0 Å². The minimum Gasteiger partial charge on any atom is -0.293 e. The summed E-state index contributed by atoms with van der Waals surface area (Å²) in [5.74, 6) is -4.93. The molecule has 0 aliphatic rings. The fourth-order valence-electron chi connectivity index (χ4n) is 1.14. The summed E-state index contributed by atoms with van der Waals surface area (Å²) in [6.45, 7) is 2.93. The minimum atomic E-state index is -3.48. The van der Waals surface area contributed by atoms with Gasteiger partial charge in [0.1, 0.15) is 5.82 Å². The van der Waals surface area contributed by atoms with Gasteiger partial charge in [-0.05, 0) is 24.3 Å². The Morgan fingerprint density at radius 1 is 1.50 bits per heavy atom. The molecule has 0 saturated heterocycles. The lowest BCUT2D eigenvalue weighted by Gasteiger charge is -2.13. The lowest BCUT2D eigenvalue weighted by Crippen LogP contribution is -2.13. The molecule has 0 fully saturated rings. The van der Waals surface area contributed by atoms with Crippen molar-refractivity contribution in [3.05, 3.63) is 47.8 Å². The van der Waals surface area contributed by atoms with Crippen LogP contribution in [-0.2, 0) is 5.92 Å². The van der Waals surface area contributed by atoms with Gasteiger partial charge >= 0.3 is 0 Å². The number of rotatable bonds is 4. The monoisotopic (exact) mass is 292 g/mol. The Labute approximate surface area is 99.1 Å². The van der Waals surface area contributed by atoms with E-state index in [4.69, 9.17) is 0 Å². The third-order valence-electron chi connectivity index (χ3n) is 2.03. The molecule has 0 aliphatic heterocycles. The highest BCUT2D eigenvalue weighted by Crippen LogP contribution is 2.31. The number of carbonyl (C=O) groups excluding carboxylic acids is 1. The molecule has 16 heavy (non-hydrogen) atoms. The average Bonchev–Trinajstić information content (AvgIpc) is 2.28. The summed E-state index contributed by atoms with van der Waals surface area (Å²) >= 11 is 2.91. The van der Waals surface area contributed by atoms with E-state index in [1.165, 1.54) is 6.07 Å². The standard InChI is InChI=1S/C11H8BrF3O/c1-2-11(14,15)8-5-7(10(16)6-12)3-4-9(8)13/h2-5H,1,6H2. The van der Waals surface area contributed by atoms with E-state index in [-0.39, 0.29) is 16.7 Å². The van der Waals surface area contributed by atoms with Crippen LogP contribution in [0.4, 0.5) is 13.2 Å². The Kier molecular flexibility index (Phi) is 3.91. The highest BCUT2D eigenvalue weighted by molar-refractivity contribution is 9.09. The Bertz CT molecular complexity index is 429. The number of carbonyl (C=O) groups is 1. The molecule has 0 aliphatic carbocycles. The number of benzene rings is 1. The number of allylic oxidation sites excluding steroid dienone is 1. The van der Waals surface area contributed by atoms with Gasteiger partial charge in [-0.1, -0.05) is 22.5 Å². The minimum absolute atomic E-state index is 0.00225. The zero-order chi connectivity index (χ0) is 12.3. The molecule has 0 heterocycles. The second kappa shape index (κ2) is 4.82. The molecule has 1 nitrogen and oxygen atoms in total. The van der Waals surface area contributed by atoms with Gasteiger partial charge < -0.3 is 0 Å². The van der Waals surface area contributed by atoms with E-state index in [2.05, 4.69) is 22.5 Å². The van der Waals surface area contributed by atoms with Crippen LogP contribution < -0.4 is 0 Å². The first kappa shape index (κ1) is 13.0. The second-order valence-corrected chi connectivity index (χ2v) is 3.64. The fraction of sp³-hybridized carbons (Fsp3) is 0.182. The van der Waals surface area contributed by atoms with E-state index in [0.717, 1.165) is 12.1 Å². The van der Waals surface area contributed by atoms with Gasteiger partial charge in [-0.3, -0.25) is 4.79 Å². The fourth-order valence-corrected chi connectivity index (χ4v) is 1.47. The first-order valence-electron chi connectivity index (χ1n) is 4.33. The van der Waals surface area contributed by atoms with Crippen molar-refractivity contribution in [3.8, 4) is 0 Å². The quantitative estimate of drug-likeness (QED) is 0.470. The maximum Gasteiger partial charge on any atom is 0.294 e. The number of hydrogen-bond acceptors (Lipinski definition) is 1. The van der Waals surface area contributed by atoms with E-state index in [0.29, 0.717) is 6.08 Å². The van der Waals surface area contributed by atoms with Gasteiger partial charge in [-0.15, -0.1) is 0 Å². The highest BCUT2D eigenvalue weighted by Gasteiger charge is 2.31. The van der Waals surface area contributed by atoms with Crippen LogP contribution in [0.5, 0.6) is 0 Å². The van der Waals surface area contributed by atoms with Crippen molar-refractivity contribution < 1.29 is 18.0 Å².